The molecule has 1 aromatic rings. The van der Waals surface area contributed by atoms with E-state index in [1.54, 1.807) is 0 Å². The molecule has 0 aliphatic carbocycles. The fraction of sp³-hybridized carbons (Fsp3) is 0.625. The van der Waals surface area contributed by atoms with Gasteiger partial charge in [0.05, 0.1) is 12.8 Å². The topological polar surface area (TPSA) is 28.4 Å². The minimum absolute atomic E-state index is 0.145. The van der Waals surface area contributed by atoms with Crippen LogP contribution in [-0.2, 0) is 13.1 Å². The van der Waals surface area contributed by atoms with Gasteiger partial charge in [-0.15, -0.1) is 0 Å². The van der Waals surface area contributed by atoms with Crippen LogP contribution in [0.15, 0.2) is 28.4 Å². The van der Waals surface area contributed by atoms with Crippen LogP contribution in [0.5, 0.6) is 0 Å². The molecule has 0 saturated carbocycles. The molecule has 0 aromatic carbocycles. The Morgan fingerprint density at radius 3 is 2.79 bits per heavy atom. The molecule has 0 amide bonds. The van der Waals surface area contributed by atoms with E-state index in [-0.39, 0.29) is 5.54 Å². The van der Waals surface area contributed by atoms with Crippen LogP contribution in [0.2, 0.25) is 0 Å². The molecule has 0 fully saturated rings. The van der Waals surface area contributed by atoms with Crippen molar-refractivity contribution in [1.82, 2.24) is 10.2 Å². The molecule has 0 unspecified atom stereocenters. The van der Waals surface area contributed by atoms with Crippen molar-refractivity contribution in [3.8, 4) is 0 Å². The van der Waals surface area contributed by atoms with Gasteiger partial charge in [0.25, 0.3) is 0 Å². The van der Waals surface area contributed by atoms with Crippen LogP contribution in [0.1, 0.15) is 45.4 Å². The third-order valence-corrected chi connectivity index (χ3v) is 3.43. The molecule has 0 atom stereocenters. The van der Waals surface area contributed by atoms with Crippen LogP contribution in [0.25, 0.3) is 0 Å². The number of hydrogen-bond acceptors (Lipinski definition) is 3. The lowest BCUT2D eigenvalue weighted by molar-refractivity contribution is 0.261. The Bertz CT molecular complexity index is 440. The fourth-order valence-corrected chi connectivity index (χ4v) is 2.15. The Hall–Kier alpha value is -1.06. The van der Waals surface area contributed by atoms with Crippen LogP contribution >= 0.6 is 0 Å². The first-order chi connectivity index (χ1) is 8.92. The van der Waals surface area contributed by atoms with Crippen molar-refractivity contribution in [3.63, 3.8) is 0 Å². The molecule has 1 aromatic heterocycles. The van der Waals surface area contributed by atoms with Gasteiger partial charge in [-0.3, -0.25) is 4.90 Å². The molecular formula is C16H26N2O. The Labute approximate surface area is 116 Å². The van der Waals surface area contributed by atoms with E-state index >= 15 is 0 Å². The van der Waals surface area contributed by atoms with Gasteiger partial charge in [-0.05, 0) is 40.2 Å². The number of furan rings is 1. The van der Waals surface area contributed by atoms with Crippen LogP contribution < -0.4 is 5.32 Å². The van der Waals surface area contributed by atoms with E-state index in [9.17, 15) is 0 Å². The first-order valence-corrected chi connectivity index (χ1v) is 7.12. The van der Waals surface area contributed by atoms with Crippen molar-refractivity contribution in [2.45, 2.75) is 52.7 Å². The molecule has 1 N–H and O–H groups in total. The molecule has 3 heteroatoms. The Balaban J connectivity index is 1.84. The Morgan fingerprint density at radius 2 is 2.16 bits per heavy atom. The molecule has 3 nitrogen and oxygen atoms in total. The largest absolute Gasteiger partial charge is 0.468 e. The lowest BCUT2D eigenvalue weighted by Gasteiger charge is -2.23. The lowest BCUT2D eigenvalue weighted by atomic mass is 10.1. The molecule has 2 heterocycles. The summed E-state index contributed by atoms with van der Waals surface area (Å²) in [6.07, 6.45) is 5.37. The van der Waals surface area contributed by atoms with E-state index in [4.69, 9.17) is 4.42 Å². The highest BCUT2D eigenvalue weighted by Crippen LogP contribution is 2.15. The Kier molecular flexibility index (Phi) is 4.48. The minimum atomic E-state index is 0.145. The van der Waals surface area contributed by atoms with E-state index in [2.05, 4.69) is 50.1 Å². The summed E-state index contributed by atoms with van der Waals surface area (Å²) in [5.74, 6) is 1.07. The monoisotopic (exact) mass is 262 g/mol. The lowest BCUT2D eigenvalue weighted by Crippen LogP contribution is -2.34. The highest BCUT2D eigenvalue weighted by molar-refractivity contribution is 5.14. The predicted molar refractivity (Wildman–Crippen MR) is 79.0 cm³/mol. The summed E-state index contributed by atoms with van der Waals surface area (Å²) in [4.78, 5) is 2.42. The third kappa shape index (κ3) is 4.84. The number of rotatable bonds is 4. The zero-order valence-corrected chi connectivity index (χ0v) is 12.6. The van der Waals surface area contributed by atoms with Crippen LogP contribution in [0, 0.1) is 0 Å². The summed E-state index contributed by atoms with van der Waals surface area (Å²) in [5, 5.41) is 3.48. The van der Waals surface area contributed by atoms with Gasteiger partial charge in [-0.2, -0.15) is 0 Å². The summed E-state index contributed by atoms with van der Waals surface area (Å²) >= 11 is 0. The molecule has 106 valence electrons. The van der Waals surface area contributed by atoms with Gasteiger partial charge in [-0.1, -0.05) is 11.6 Å². The van der Waals surface area contributed by atoms with Crippen LogP contribution in [-0.4, -0.2) is 23.5 Å². The van der Waals surface area contributed by atoms with Crippen LogP contribution in [0.4, 0.5) is 0 Å². The van der Waals surface area contributed by atoms with Gasteiger partial charge in [0, 0.05) is 30.7 Å². The highest BCUT2D eigenvalue weighted by Gasteiger charge is 2.13. The van der Waals surface area contributed by atoms with E-state index in [0.717, 1.165) is 31.9 Å². The molecule has 19 heavy (non-hydrogen) atoms. The molecular weight excluding hydrogens is 236 g/mol. The zero-order chi connectivity index (χ0) is 13.9. The second kappa shape index (κ2) is 5.93. The zero-order valence-electron chi connectivity index (χ0n) is 12.6. The van der Waals surface area contributed by atoms with E-state index < -0.39 is 0 Å². The van der Waals surface area contributed by atoms with Gasteiger partial charge >= 0.3 is 0 Å². The number of hydrogen-bond donors (Lipinski definition) is 1. The van der Waals surface area contributed by atoms with E-state index in [1.165, 1.54) is 17.6 Å². The SMILES string of the molecule is CC1=CCN(Cc2cc(CNC(C)(C)C)co2)CC1. The van der Waals surface area contributed by atoms with Crippen molar-refractivity contribution < 1.29 is 4.42 Å². The second-order valence-corrected chi connectivity index (χ2v) is 6.56. The normalized spacial score (nSPS) is 17.6. The molecule has 0 radical (unpaired) electrons. The summed E-state index contributed by atoms with van der Waals surface area (Å²) in [6, 6.07) is 2.17. The summed E-state index contributed by atoms with van der Waals surface area (Å²) in [7, 11) is 0. The quantitative estimate of drug-likeness (QED) is 0.844. The van der Waals surface area contributed by atoms with Crippen molar-refractivity contribution in [2.24, 2.45) is 0 Å². The van der Waals surface area contributed by atoms with E-state index in [1.807, 2.05) is 6.26 Å². The molecule has 1 aliphatic rings. The molecule has 0 saturated heterocycles. The smallest absolute Gasteiger partial charge is 0.118 e. The van der Waals surface area contributed by atoms with Gasteiger partial charge in [0.15, 0.2) is 0 Å². The Morgan fingerprint density at radius 1 is 1.37 bits per heavy atom. The van der Waals surface area contributed by atoms with Gasteiger partial charge < -0.3 is 9.73 Å². The average molecular weight is 262 g/mol. The van der Waals surface area contributed by atoms with E-state index in [0.29, 0.717) is 0 Å². The number of nitrogens with zero attached hydrogens (tertiary/aromatic N) is 1. The maximum atomic E-state index is 5.66. The van der Waals surface area contributed by atoms with Crippen LogP contribution in [0.3, 0.4) is 0 Å². The standard InChI is InChI=1S/C16H26N2O/c1-13-5-7-18(8-6-13)11-15-9-14(12-19-15)10-17-16(2,3)4/h5,9,12,17H,6-8,10-11H2,1-4H3. The summed E-state index contributed by atoms with van der Waals surface area (Å²) in [6.45, 7) is 12.7. The molecule has 2 rings (SSSR count). The molecule has 0 spiro atoms. The molecule has 1 aliphatic heterocycles. The first-order valence-electron chi connectivity index (χ1n) is 7.12. The van der Waals surface area contributed by atoms with Crippen molar-refractivity contribution >= 4 is 0 Å². The van der Waals surface area contributed by atoms with Crippen molar-refractivity contribution in [2.75, 3.05) is 13.1 Å². The second-order valence-electron chi connectivity index (χ2n) is 6.56. The average Bonchev–Trinajstić information content (AvgIpc) is 2.77. The number of nitrogens with one attached hydrogen (secondary N) is 1. The third-order valence-electron chi connectivity index (χ3n) is 3.43. The maximum absolute atomic E-state index is 5.66. The first kappa shape index (κ1) is 14.4. The predicted octanol–water partition coefficient (Wildman–Crippen LogP) is 3.32. The highest BCUT2D eigenvalue weighted by atomic mass is 16.3. The van der Waals surface area contributed by atoms with Gasteiger partial charge in [-0.25, -0.2) is 0 Å². The van der Waals surface area contributed by atoms with Crippen molar-refractivity contribution in [1.29, 1.82) is 0 Å². The minimum Gasteiger partial charge on any atom is -0.468 e. The van der Waals surface area contributed by atoms with Gasteiger partial charge in [0.1, 0.15) is 5.76 Å². The molecule has 0 bridgehead atoms. The maximum Gasteiger partial charge on any atom is 0.118 e. The van der Waals surface area contributed by atoms with Gasteiger partial charge in [0.2, 0.25) is 0 Å². The van der Waals surface area contributed by atoms with Crippen molar-refractivity contribution in [3.05, 3.63) is 35.3 Å². The summed E-state index contributed by atoms with van der Waals surface area (Å²) < 4.78 is 5.66. The summed E-state index contributed by atoms with van der Waals surface area (Å²) in [5.41, 5.74) is 2.88. The fourth-order valence-electron chi connectivity index (χ4n) is 2.15.